The summed E-state index contributed by atoms with van der Waals surface area (Å²) in [6, 6.07) is 5.84. The third-order valence-electron chi connectivity index (χ3n) is 2.29. The normalized spacial score (nSPS) is 11.3. The summed E-state index contributed by atoms with van der Waals surface area (Å²) in [7, 11) is -3.38. The highest BCUT2D eigenvalue weighted by molar-refractivity contribution is 7.92. The Bertz CT molecular complexity index is 564. The molecule has 0 aliphatic heterocycles. The Labute approximate surface area is 109 Å². The number of hydrogen-bond acceptors (Lipinski definition) is 4. The van der Waals surface area contributed by atoms with E-state index in [9.17, 15) is 18.0 Å². The zero-order valence-corrected chi connectivity index (χ0v) is 10.8. The van der Waals surface area contributed by atoms with Crippen molar-refractivity contribution in [1.82, 2.24) is 0 Å². The molecule has 0 aromatic heterocycles. The maximum atomic E-state index is 11.0. The van der Waals surface area contributed by atoms with Crippen molar-refractivity contribution in [2.45, 2.75) is 6.42 Å². The number of nitrogens with one attached hydrogen (secondary N) is 1. The average Bonchev–Trinajstić information content (AvgIpc) is 2.25. The maximum Gasteiger partial charge on any atom is 0.318 e. The van der Waals surface area contributed by atoms with Crippen molar-refractivity contribution in [3.05, 3.63) is 29.8 Å². The Morgan fingerprint density at radius 3 is 2.00 bits per heavy atom. The first-order chi connectivity index (χ1) is 8.69. The van der Waals surface area contributed by atoms with Crippen LogP contribution in [0.4, 0.5) is 5.69 Å². The number of hydrogen-bond donors (Lipinski definition) is 3. The van der Waals surface area contributed by atoms with Crippen LogP contribution in [0.1, 0.15) is 5.56 Å². The molecule has 1 rings (SSSR count). The van der Waals surface area contributed by atoms with Gasteiger partial charge in [0, 0.05) is 5.69 Å². The number of carboxylic acid groups (broad SMARTS) is 2. The van der Waals surface area contributed by atoms with E-state index in [0.29, 0.717) is 11.3 Å². The zero-order valence-electron chi connectivity index (χ0n) is 10.0. The molecule has 0 radical (unpaired) electrons. The minimum absolute atomic E-state index is 0.163. The molecule has 0 saturated heterocycles. The monoisotopic (exact) mass is 287 g/mol. The van der Waals surface area contributed by atoms with Crippen molar-refractivity contribution in [3.63, 3.8) is 0 Å². The molecule has 7 nitrogen and oxygen atoms in total. The lowest BCUT2D eigenvalue weighted by atomic mass is 9.99. The minimum atomic E-state index is -3.38. The quantitative estimate of drug-likeness (QED) is 0.651. The summed E-state index contributed by atoms with van der Waals surface area (Å²) >= 11 is 0. The number of carboxylic acids is 2. The lowest BCUT2D eigenvalue weighted by molar-refractivity contribution is -0.154. The second-order valence-corrected chi connectivity index (χ2v) is 5.75. The molecule has 0 bridgehead atoms. The molecular formula is C11H13NO6S. The summed E-state index contributed by atoms with van der Waals surface area (Å²) in [4.78, 5) is 21.5. The third kappa shape index (κ3) is 4.96. The van der Waals surface area contributed by atoms with E-state index in [1.807, 2.05) is 0 Å². The topological polar surface area (TPSA) is 121 Å². The van der Waals surface area contributed by atoms with Gasteiger partial charge in [-0.1, -0.05) is 12.1 Å². The predicted octanol–water partition coefficient (Wildman–Crippen LogP) is 0.386. The van der Waals surface area contributed by atoms with Crippen molar-refractivity contribution < 1.29 is 28.2 Å². The average molecular weight is 287 g/mol. The molecule has 0 aliphatic rings. The number of aliphatic carboxylic acids is 2. The van der Waals surface area contributed by atoms with Crippen LogP contribution in [0, 0.1) is 5.92 Å². The van der Waals surface area contributed by atoms with Crippen molar-refractivity contribution in [2.24, 2.45) is 5.92 Å². The van der Waals surface area contributed by atoms with E-state index in [2.05, 4.69) is 4.72 Å². The molecule has 0 saturated carbocycles. The molecule has 0 heterocycles. The Morgan fingerprint density at radius 1 is 1.16 bits per heavy atom. The Kier molecular flexibility index (Phi) is 4.49. The van der Waals surface area contributed by atoms with E-state index < -0.39 is 27.9 Å². The summed E-state index contributed by atoms with van der Waals surface area (Å²) < 4.78 is 24.2. The van der Waals surface area contributed by atoms with Crippen molar-refractivity contribution >= 4 is 27.6 Å². The van der Waals surface area contributed by atoms with Crippen LogP contribution in [0.3, 0.4) is 0 Å². The van der Waals surface area contributed by atoms with Gasteiger partial charge in [-0.15, -0.1) is 0 Å². The van der Waals surface area contributed by atoms with Crippen molar-refractivity contribution in [1.29, 1.82) is 0 Å². The Hall–Kier alpha value is -2.09. The molecule has 0 amide bonds. The smallest absolute Gasteiger partial charge is 0.318 e. The first-order valence-electron chi connectivity index (χ1n) is 5.21. The molecule has 104 valence electrons. The van der Waals surface area contributed by atoms with Gasteiger partial charge in [-0.3, -0.25) is 14.3 Å². The summed E-state index contributed by atoms with van der Waals surface area (Å²) in [5, 5.41) is 17.5. The third-order valence-corrected chi connectivity index (χ3v) is 2.90. The number of carbonyl (C=O) groups is 2. The molecule has 1 aromatic rings. The number of anilines is 1. The van der Waals surface area contributed by atoms with Crippen LogP contribution < -0.4 is 4.72 Å². The van der Waals surface area contributed by atoms with Gasteiger partial charge in [-0.25, -0.2) is 8.42 Å². The second-order valence-electron chi connectivity index (χ2n) is 4.00. The van der Waals surface area contributed by atoms with E-state index in [0.717, 1.165) is 6.26 Å². The SMILES string of the molecule is CS(=O)(=O)Nc1ccc(CC(C(=O)O)C(=O)O)cc1. The van der Waals surface area contributed by atoms with Gasteiger partial charge in [-0.05, 0) is 24.1 Å². The van der Waals surface area contributed by atoms with Crippen molar-refractivity contribution in [3.8, 4) is 0 Å². The van der Waals surface area contributed by atoms with Gasteiger partial charge in [0.05, 0.1) is 6.26 Å². The lowest BCUT2D eigenvalue weighted by Crippen LogP contribution is -2.25. The van der Waals surface area contributed by atoms with E-state index in [1.165, 1.54) is 24.3 Å². The fourth-order valence-corrected chi connectivity index (χ4v) is 2.00. The van der Waals surface area contributed by atoms with Crippen LogP contribution in [0.5, 0.6) is 0 Å². The molecular weight excluding hydrogens is 274 g/mol. The summed E-state index contributed by atoms with van der Waals surface area (Å²) in [5.41, 5.74) is 0.822. The second kappa shape index (κ2) is 5.70. The molecule has 1 aromatic carbocycles. The van der Waals surface area contributed by atoms with Crippen LogP contribution in [0.15, 0.2) is 24.3 Å². The van der Waals surface area contributed by atoms with Gasteiger partial charge < -0.3 is 10.2 Å². The van der Waals surface area contributed by atoms with Gasteiger partial charge in [0.15, 0.2) is 5.92 Å². The van der Waals surface area contributed by atoms with E-state index >= 15 is 0 Å². The van der Waals surface area contributed by atoms with Crippen LogP contribution in [-0.4, -0.2) is 36.8 Å². The number of rotatable bonds is 6. The summed E-state index contributed by atoms with van der Waals surface area (Å²) in [6.07, 6.45) is 0.843. The van der Waals surface area contributed by atoms with Crippen LogP contribution in [0.25, 0.3) is 0 Å². The highest BCUT2D eigenvalue weighted by atomic mass is 32.2. The zero-order chi connectivity index (χ0) is 14.6. The maximum absolute atomic E-state index is 11.0. The highest BCUT2D eigenvalue weighted by Crippen LogP contribution is 2.14. The molecule has 0 unspecified atom stereocenters. The summed E-state index contributed by atoms with van der Waals surface area (Å²) in [5.74, 6) is -4.34. The standard InChI is InChI=1S/C11H13NO6S/c1-19(17,18)12-8-4-2-7(3-5-8)6-9(10(13)14)11(15)16/h2-5,9,12H,6H2,1H3,(H,13,14)(H,15,16). The Morgan fingerprint density at radius 2 is 1.63 bits per heavy atom. The molecule has 0 atom stereocenters. The fraction of sp³-hybridized carbons (Fsp3) is 0.273. The minimum Gasteiger partial charge on any atom is -0.481 e. The van der Waals surface area contributed by atoms with Gasteiger partial charge >= 0.3 is 11.9 Å². The van der Waals surface area contributed by atoms with E-state index in [4.69, 9.17) is 10.2 Å². The lowest BCUT2D eigenvalue weighted by Gasteiger charge is -2.08. The number of benzene rings is 1. The van der Waals surface area contributed by atoms with Gasteiger partial charge in [-0.2, -0.15) is 0 Å². The molecule has 0 fully saturated rings. The molecule has 19 heavy (non-hydrogen) atoms. The predicted molar refractivity (Wildman–Crippen MR) is 67.4 cm³/mol. The first kappa shape index (κ1) is 15.0. The molecule has 3 N–H and O–H groups in total. The van der Waals surface area contributed by atoms with E-state index in [-0.39, 0.29) is 6.42 Å². The van der Waals surface area contributed by atoms with Crippen LogP contribution >= 0.6 is 0 Å². The van der Waals surface area contributed by atoms with Crippen molar-refractivity contribution in [2.75, 3.05) is 11.0 Å². The van der Waals surface area contributed by atoms with Crippen LogP contribution in [0.2, 0.25) is 0 Å². The van der Waals surface area contributed by atoms with Gasteiger partial charge in [0.1, 0.15) is 0 Å². The summed E-state index contributed by atoms with van der Waals surface area (Å²) in [6.45, 7) is 0. The fourth-order valence-electron chi connectivity index (χ4n) is 1.44. The van der Waals surface area contributed by atoms with Gasteiger partial charge in [0.25, 0.3) is 0 Å². The van der Waals surface area contributed by atoms with Crippen LogP contribution in [-0.2, 0) is 26.0 Å². The molecule has 0 spiro atoms. The van der Waals surface area contributed by atoms with Gasteiger partial charge in [0.2, 0.25) is 10.0 Å². The number of sulfonamides is 1. The Balaban J connectivity index is 2.82. The largest absolute Gasteiger partial charge is 0.481 e. The molecule has 8 heteroatoms. The molecule has 0 aliphatic carbocycles. The highest BCUT2D eigenvalue weighted by Gasteiger charge is 2.25. The van der Waals surface area contributed by atoms with E-state index in [1.54, 1.807) is 0 Å². The first-order valence-corrected chi connectivity index (χ1v) is 7.10.